The summed E-state index contributed by atoms with van der Waals surface area (Å²) in [7, 11) is 0. The molecule has 1 saturated heterocycles. The molecule has 3 rings (SSSR count). The molecule has 1 aromatic heterocycles. The van der Waals surface area contributed by atoms with Gasteiger partial charge in [-0.15, -0.1) is 11.3 Å². The predicted molar refractivity (Wildman–Crippen MR) is 106 cm³/mol. The number of piperidine rings is 1. The van der Waals surface area contributed by atoms with Crippen molar-refractivity contribution in [3.8, 4) is 0 Å². The van der Waals surface area contributed by atoms with Gasteiger partial charge in [0.25, 0.3) is 5.91 Å². The maximum Gasteiger partial charge on any atom is 0.324 e. The molecule has 26 heavy (non-hydrogen) atoms. The lowest BCUT2D eigenvalue weighted by molar-refractivity contribution is 0.0954. The average molecular weight is 372 g/mol. The van der Waals surface area contributed by atoms with E-state index in [0.29, 0.717) is 22.3 Å². The lowest BCUT2D eigenvalue weighted by atomic mass is 9.96. The Labute approximate surface area is 157 Å². The summed E-state index contributed by atoms with van der Waals surface area (Å²) in [5.41, 5.74) is 0.719. The quantitative estimate of drug-likeness (QED) is 0.626. The van der Waals surface area contributed by atoms with Crippen LogP contribution in [-0.4, -0.2) is 31.6 Å². The number of anilines is 2. The number of hydrogen-bond donors (Lipinski definition) is 4. The molecule has 0 spiro atoms. The summed E-state index contributed by atoms with van der Waals surface area (Å²) in [4.78, 5) is 24.8. The van der Waals surface area contributed by atoms with Crippen LogP contribution in [0.5, 0.6) is 0 Å². The van der Waals surface area contributed by atoms with Crippen molar-refractivity contribution in [1.29, 1.82) is 0 Å². The highest BCUT2D eigenvalue weighted by molar-refractivity contribution is 7.18. The lowest BCUT2D eigenvalue weighted by Gasteiger charge is -2.22. The minimum Gasteiger partial charge on any atom is -0.351 e. The van der Waals surface area contributed by atoms with E-state index < -0.39 is 0 Å². The second kappa shape index (κ2) is 9.35. The van der Waals surface area contributed by atoms with Gasteiger partial charge in [0, 0.05) is 12.2 Å². The number of amides is 3. The Morgan fingerprint density at radius 1 is 1.12 bits per heavy atom. The van der Waals surface area contributed by atoms with Gasteiger partial charge in [-0.25, -0.2) is 4.79 Å². The van der Waals surface area contributed by atoms with Crippen LogP contribution in [0, 0.1) is 5.92 Å². The Kier molecular flexibility index (Phi) is 6.62. The molecule has 3 amide bonds. The Balaban J connectivity index is 1.43. The molecule has 0 radical (unpaired) electrons. The van der Waals surface area contributed by atoms with E-state index in [1.54, 1.807) is 12.1 Å². The summed E-state index contributed by atoms with van der Waals surface area (Å²) >= 11 is 1.27. The molecule has 2 aromatic rings. The fraction of sp³-hybridized carbons (Fsp3) is 0.368. The van der Waals surface area contributed by atoms with Crippen molar-refractivity contribution in [2.24, 2.45) is 5.92 Å². The topological polar surface area (TPSA) is 82.3 Å². The van der Waals surface area contributed by atoms with Crippen molar-refractivity contribution in [1.82, 2.24) is 10.6 Å². The number of carbonyl (C=O) groups is 2. The maximum absolute atomic E-state index is 12.2. The largest absolute Gasteiger partial charge is 0.351 e. The predicted octanol–water partition coefficient (Wildman–Crippen LogP) is 3.51. The van der Waals surface area contributed by atoms with Gasteiger partial charge in [-0.05, 0) is 62.5 Å². The normalized spacial score (nSPS) is 16.7. The van der Waals surface area contributed by atoms with Crippen molar-refractivity contribution in [2.45, 2.75) is 19.3 Å². The number of para-hydroxylation sites is 1. The van der Waals surface area contributed by atoms with E-state index in [1.807, 2.05) is 30.3 Å². The van der Waals surface area contributed by atoms with E-state index in [-0.39, 0.29) is 11.9 Å². The zero-order valence-electron chi connectivity index (χ0n) is 14.6. The zero-order chi connectivity index (χ0) is 18.2. The van der Waals surface area contributed by atoms with Gasteiger partial charge in [0.2, 0.25) is 0 Å². The molecule has 0 bridgehead atoms. The van der Waals surface area contributed by atoms with E-state index in [2.05, 4.69) is 21.3 Å². The van der Waals surface area contributed by atoms with Crippen molar-refractivity contribution >= 4 is 34.0 Å². The molecule has 138 valence electrons. The van der Waals surface area contributed by atoms with Crippen LogP contribution >= 0.6 is 11.3 Å². The van der Waals surface area contributed by atoms with Gasteiger partial charge in [-0.3, -0.25) is 10.1 Å². The van der Waals surface area contributed by atoms with Crippen LogP contribution in [0.25, 0.3) is 0 Å². The Bertz CT molecular complexity index is 726. The number of hydrogen-bond acceptors (Lipinski definition) is 4. The fourth-order valence-electron chi connectivity index (χ4n) is 2.97. The summed E-state index contributed by atoms with van der Waals surface area (Å²) < 4.78 is 0. The van der Waals surface area contributed by atoms with E-state index >= 15 is 0 Å². The summed E-state index contributed by atoms with van der Waals surface area (Å²) in [6.45, 7) is 2.82. The maximum atomic E-state index is 12.2. The Hall–Kier alpha value is -2.38. The van der Waals surface area contributed by atoms with Gasteiger partial charge in [0.05, 0.1) is 9.88 Å². The van der Waals surface area contributed by atoms with Gasteiger partial charge in [-0.1, -0.05) is 18.2 Å². The first kappa shape index (κ1) is 18.4. The molecule has 6 nitrogen and oxygen atoms in total. The molecule has 2 heterocycles. The third kappa shape index (κ3) is 5.57. The van der Waals surface area contributed by atoms with Crippen molar-refractivity contribution in [2.75, 3.05) is 30.3 Å². The molecule has 0 aliphatic carbocycles. The van der Waals surface area contributed by atoms with Crippen LogP contribution in [0.1, 0.15) is 28.9 Å². The Morgan fingerprint density at radius 3 is 2.73 bits per heavy atom. The number of nitrogens with one attached hydrogen (secondary N) is 4. The first-order valence-corrected chi connectivity index (χ1v) is 9.74. The first-order chi connectivity index (χ1) is 12.7. The van der Waals surface area contributed by atoms with E-state index in [1.165, 1.54) is 24.2 Å². The van der Waals surface area contributed by atoms with Crippen LogP contribution in [0.2, 0.25) is 0 Å². The van der Waals surface area contributed by atoms with Gasteiger partial charge in [0.15, 0.2) is 0 Å². The Morgan fingerprint density at radius 2 is 1.96 bits per heavy atom. The van der Waals surface area contributed by atoms with Gasteiger partial charge >= 0.3 is 6.03 Å². The molecule has 1 aliphatic rings. The van der Waals surface area contributed by atoms with E-state index in [0.717, 1.165) is 25.2 Å². The molecule has 1 aromatic carbocycles. The highest BCUT2D eigenvalue weighted by Gasteiger charge is 2.14. The number of rotatable bonds is 6. The van der Waals surface area contributed by atoms with Crippen LogP contribution in [0.3, 0.4) is 0 Å². The van der Waals surface area contributed by atoms with Gasteiger partial charge in [-0.2, -0.15) is 0 Å². The van der Waals surface area contributed by atoms with Crippen LogP contribution in [-0.2, 0) is 0 Å². The minimum atomic E-state index is -0.324. The molecule has 0 saturated carbocycles. The summed E-state index contributed by atoms with van der Waals surface area (Å²) in [6, 6.07) is 12.4. The zero-order valence-corrected chi connectivity index (χ0v) is 15.4. The summed E-state index contributed by atoms with van der Waals surface area (Å²) in [6.07, 6.45) is 3.44. The number of carbonyl (C=O) groups excluding carboxylic acids is 2. The molecule has 7 heteroatoms. The first-order valence-electron chi connectivity index (χ1n) is 8.92. The van der Waals surface area contributed by atoms with Crippen molar-refractivity contribution in [3.63, 3.8) is 0 Å². The standard InChI is InChI=1S/C19H24N4O2S/c24-18(21-12-10-14-5-4-11-20-13-14)16-8-9-17(26-16)23-19(25)22-15-6-2-1-3-7-15/h1-3,6-9,14,20H,4-5,10-13H2,(H,21,24)(H2,22,23,25). The monoisotopic (exact) mass is 372 g/mol. The van der Waals surface area contributed by atoms with E-state index in [4.69, 9.17) is 0 Å². The summed E-state index contributed by atoms with van der Waals surface area (Å²) in [5.74, 6) is 0.557. The molecule has 1 atom stereocenters. The fourth-order valence-corrected chi connectivity index (χ4v) is 3.79. The smallest absolute Gasteiger partial charge is 0.324 e. The number of benzene rings is 1. The average Bonchev–Trinajstić information content (AvgIpc) is 3.12. The molecule has 1 aliphatic heterocycles. The highest BCUT2D eigenvalue weighted by Crippen LogP contribution is 2.22. The minimum absolute atomic E-state index is 0.0877. The molecular weight excluding hydrogens is 348 g/mol. The molecule has 4 N–H and O–H groups in total. The number of thiophene rings is 1. The van der Waals surface area contributed by atoms with Gasteiger partial charge in [0.1, 0.15) is 0 Å². The van der Waals surface area contributed by atoms with E-state index in [9.17, 15) is 9.59 Å². The van der Waals surface area contributed by atoms with Crippen molar-refractivity contribution in [3.05, 3.63) is 47.3 Å². The second-order valence-electron chi connectivity index (χ2n) is 6.37. The number of urea groups is 1. The second-order valence-corrected chi connectivity index (χ2v) is 7.45. The van der Waals surface area contributed by atoms with Crippen LogP contribution in [0.15, 0.2) is 42.5 Å². The highest BCUT2D eigenvalue weighted by atomic mass is 32.1. The molecule has 1 fully saturated rings. The van der Waals surface area contributed by atoms with Crippen molar-refractivity contribution < 1.29 is 9.59 Å². The third-order valence-corrected chi connectivity index (χ3v) is 5.33. The summed E-state index contributed by atoms with van der Waals surface area (Å²) in [5, 5.41) is 12.5. The van der Waals surface area contributed by atoms with Crippen LogP contribution in [0.4, 0.5) is 15.5 Å². The van der Waals surface area contributed by atoms with Crippen LogP contribution < -0.4 is 21.3 Å². The SMILES string of the molecule is O=C(Nc1ccccc1)Nc1ccc(C(=O)NCCC2CCCNC2)s1. The molecule has 1 unspecified atom stereocenters. The van der Waals surface area contributed by atoms with Gasteiger partial charge < -0.3 is 16.0 Å². The third-order valence-electron chi connectivity index (χ3n) is 4.34. The lowest BCUT2D eigenvalue weighted by Crippen LogP contribution is -2.33. The molecular formula is C19H24N4O2S.